The van der Waals surface area contributed by atoms with E-state index in [2.05, 4.69) is 50.4 Å². The summed E-state index contributed by atoms with van der Waals surface area (Å²) in [5.74, 6) is 0. The number of hydrogen-bond acceptors (Lipinski definition) is 2. The summed E-state index contributed by atoms with van der Waals surface area (Å²) >= 11 is 0. The summed E-state index contributed by atoms with van der Waals surface area (Å²) in [5.41, 5.74) is 2.61. The van der Waals surface area contributed by atoms with Gasteiger partial charge >= 0.3 is 0 Å². The minimum atomic E-state index is -0.124. The average molecular weight is 235 g/mol. The van der Waals surface area contributed by atoms with E-state index in [0.29, 0.717) is 0 Å². The molecule has 0 spiro atoms. The van der Waals surface area contributed by atoms with Crippen molar-refractivity contribution < 1.29 is 5.11 Å². The first-order valence-electron chi connectivity index (χ1n) is 6.64. The fraction of sp³-hybridized carbons (Fsp3) is 0.600. The Balaban J connectivity index is 2.71. The van der Waals surface area contributed by atoms with E-state index in [0.717, 1.165) is 25.8 Å². The van der Waals surface area contributed by atoms with Crippen LogP contribution in [0, 0.1) is 0 Å². The summed E-state index contributed by atoms with van der Waals surface area (Å²) in [6, 6.07) is 8.50. The molecule has 0 aliphatic heterocycles. The molecule has 1 aromatic rings. The van der Waals surface area contributed by atoms with Crippen LogP contribution in [0.4, 0.5) is 0 Å². The van der Waals surface area contributed by atoms with Crippen LogP contribution in [0.15, 0.2) is 24.3 Å². The fourth-order valence-electron chi connectivity index (χ4n) is 2.14. The van der Waals surface area contributed by atoms with Crippen molar-refractivity contribution in [2.75, 3.05) is 6.61 Å². The second kappa shape index (κ2) is 6.77. The first-order chi connectivity index (χ1) is 8.21. The van der Waals surface area contributed by atoms with Gasteiger partial charge in [0.05, 0.1) is 6.61 Å². The first kappa shape index (κ1) is 14.2. The van der Waals surface area contributed by atoms with Crippen molar-refractivity contribution >= 4 is 0 Å². The summed E-state index contributed by atoms with van der Waals surface area (Å²) in [7, 11) is 0. The Morgan fingerprint density at radius 2 is 1.65 bits per heavy atom. The lowest BCUT2D eigenvalue weighted by Gasteiger charge is -2.31. The molecule has 0 saturated heterocycles. The van der Waals surface area contributed by atoms with Gasteiger partial charge in [0.15, 0.2) is 0 Å². The van der Waals surface area contributed by atoms with Crippen LogP contribution >= 0.6 is 0 Å². The molecule has 1 aromatic carbocycles. The van der Waals surface area contributed by atoms with Crippen molar-refractivity contribution in [3.8, 4) is 0 Å². The van der Waals surface area contributed by atoms with E-state index in [9.17, 15) is 5.11 Å². The van der Waals surface area contributed by atoms with Crippen molar-refractivity contribution in [3.05, 3.63) is 35.4 Å². The smallest absolute Gasteiger partial charge is 0.0613 e. The Labute approximate surface area is 105 Å². The minimum Gasteiger partial charge on any atom is -0.394 e. The second-order valence-electron chi connectivity index (χ2n) is 4.62. The number of aryl methyl sites for hydroxylation is 1. The third kappa shape index (κ3) is 3.55. The Bertz CT molecular complexity index is 323. The Morgan fingerprint density at radius 1 is 1.06 bits per heavy atom. The monoisotopic (exact) mass is 235 g/mol. The van der Waals surface area contributed by atoms with Gasteiger partial charge in [0.2, 0.25) is 0 Å². The van der Waals surface area contributed by atoms with Crippen LogP contribution < -0.4 is 5.32 Å². The van der Waals surface area contributed by atoms with E-state index in [4.69, 9.17) is 0 Å². The predicted octanol–water partition coefficient (Wildman–Crippen LogP) is 2.89. The van der Waals surface area contributed by atoms with E-state index in [1.807, 2.05) is 0 Å². The quantitative estimate of drug-likeness (QED) is 0.761. The molecule has 0 heterocycles. The van der Waals surface area contributed by atoms with E-state index in [-0.39, 0.29) is 12.1 Å². The van der Waals surface area contributed by atoms with Crippen LogP contribution in [0.25, 0.3) is 0 Å². The van der Waals surface area contributed by atoms with Gasteiger partial charge in [-0.2, -0.15) is 0 Å². The molecule has 0 fully saturated rings. The highest BCUT2D eigenvalue weighted by Crippen LogP contribution is 2.16. The zero-order chi connectivity index (χ0) is 12.7. The van der Waals surface area contributed by atoms with E-state index < -0.39 is 0 Å². The van der Waals surface area contributed by atoms with Crippen LogP contribution in [0.3, 0.4) is 0 Å². The number of nitrogens with one attached hydrogen (secondary N) is 1. The molecule has 0 aliphatic carbocycles. The Kier molecular flexibility index (Phi) is 5.66. The lowest BCUT2D eigenvalue weighted by atomic mass is 9.93. The van der Waals surface area contributed by atoms with Crippen molar-refractivity contribution in [2.45, 2.75) is 52.1 Å². The number of rotatable bonds is 7. The molecular formula is C15H25NO. The predicted molar refractivity (Wildman–Crippen MR) is 73.1 cm³/mol. The molecule has 0 unspecified atom stereocenters. The molecule has 1 rings (SSSR count). The van der Waals surface area contributed by atoms with Crippen molar-refractivity contribution in [1.29, 1.82) is 0 Å². The molecule has 0 aliphatic rings. The summed E-state index contributed by atoms with van der Waals surface area (Å²) in [6.45, 7) is 7.47. The molecule has 0 amide bonds. The number of aliphatic hydroxyl groups excluding tert-OH is 1. The molecule has 2 nitrogen and oxygen atoms in total. The molecule has 0 aromatic heterocycles. The third-order valence-corrected chi connectivity index (χ3v) is 3.81. The molecule has 0 radical (unpaired) electrons. The topological polar surface area (TPSA) is 32.3 Å². The summed E-state index contributed by atoms with van der Waals surface area (Å²) < 4.78 is 0. The van der Waals surface area contributed by atoms with Crippen molar-refractivity contribution in [3.63, 3.8) is 0 Å². The zero-order valence-electron chi connectivity index (χ0n) is 11.3. The van der Waals surface area contributed by atoms with Crippen LogP contribution in [0.2, 0.25) is 0 Å². The maximum absolute atomic E-state index is 9.52. The zero-order valence-corrected chi connectivity index (χ0v) is 11.3. The van der Waals surface area contributed by atoms with E-state index in [1.54, 1.807) is 0 Å². The highest BCUT2D eigenvalue weighted by atomic mass is 16.3. The fourth-order valence-corrected chi connectivity index (χ4v) is 2.14. The van der Waals surface area contributed by atoms with Gasteiger partial charge in [-0.1, -0.05) is 45.0 Å². The van der Waals surface area contributed by atoms with Gasteiger partial charge in [-0.15, -0.1) is 0 Å². The van der Waals surface area contributed by atoms with Gasteiger partial charge in [-0.05, 0) is 30.4 Å². The number of aliphatic hydroxyl groups is 1. The molecule has 96 valence electrons. The molecule has 0 bridgehead atoms. The maximum atomic E-state index is 9.52. The Hall–Kier alpha value is -0.860. The van der Waals surface area contributed by atoms with Crippen molar-refractivity contribution in [2.24, 2.45) is 0 Å². The molecule has 17 heavy (non-hydrogen) atoms. The summed E-state index contributed by atoms with van der Waals surface area (Å²) in [5, 5.41) is 13.0. The summed E-state index contributed by atoms with van der Waals surface area (Å²) in [4.78, 5) is 0. The average Bonchev–Trinajstić information content (AvgIpc) is 2.41. The van der Waals surface area contributed by atoms with Crippen LogP contribution in [0.1, 0.15) is 44.7 Å². The van der Waals surface area contributed by atoms with Crippen LogP contribution in [0.5, 0.6) is 0 Å². The molecular weight excluding hydrogens is 210 g/mol. The molecule has 0 atom stereocenters. The lowest BCUT2D eigenvalue weighted by molar-refractivity contribution is 0.149. The molecule has 2 N–H and O–H groups in total. The highest BCUT2D eigenvalue weighted by molar-refractivity contribution is 5.27. The number of hydrogen-bond donors (Lipinski definition) is 2. The van der Waals surface area contributed by atoms with Gasteiger partial charge in [0.1, 0.15) is 0 Å². The lowest BCUT2D eigenvalue weighted by Crippen LogP contribution is -2.47. The van der Waals surface area contributed by atoms with Gasteiger partial charge < -0.3 is 10.4 Å². The molecule has 2 heteroatoms. The third-order valence-electron chi connectivity index (χ3n) is 3.81. The second-order valence-corrected chi connectivity index (χ2v) is 4.62. The SMILES string of the molecule is CCc1ccccc1CNC(CC)(CC)CO. The number of benzene rings is 1. The highest BCUT2D eigenvalue weighted by Gasteiger charge is 2.24. The van der Waals surface area contributed by atoms with Crippen molar-refractivity contribution in [1.82, 2.24) is 5.32 Å². The van der Waals surface area contributed by atoms with Gasteiger partial charge in [-0.25, -0.2) is 0 Å². The minimum absolute atomic E-state index is 0.124. The van der Waals surface area contributed by atoms with E-state index in [1.165, 1.54) is 11.1 Å². The molecule has 0 saturated carbocycles. The van der Waals surface area contributed by atoms with Crippen LogP contribution in [-0.2, 0) is 13.0 Å². The van der Waals surface area contributed by atoms with E-state index >= 15 is 0 Å². The van der Waals surface area contributed by atoms with Gasteiger partial charge in [0.25, 0.3) is 0 Å². The van der Waals surface area contributed by atoms with Crippen LogP contribution in [-0.4, -0.2) is 17.3 Å². The Morgan fingerprint density at radius 3 is 2.12 bits per heavy atom. The first-order valence-corrected chi connectivity index (χ1v) is 6.64. The summed E-state index contributed by atoms with van der Waals surface area (Å²) in [6.07, 6.45) is 2.96. The standard InChI is InChI=1S/C15H25NO/c1-4-13-9-7-8-10-14(13)11-16-15(5-2,6-3)12-17/h7-10,16-17H,4-6,11-12H2,1-3H3. The normalized spacial score (nSPS) is 11.8. The largest absolute Gasteiger partial charge is 0.394 e. The van der Waals surface area contributed by atoms with Gasteiger partial charge in [-0.3, -0.25) is 0 Å². The maximum Gasteiger partial charge on any atom is 0.0613 e. The van der Waals surface area contributed by atoms with Gasteiger partial charge in [0, 0.05) is 12.1 Å².